The Morgan fingerprint density at radius 2 is 1.89 bits per heavy atom. The second kappa shape index (κ2) is 7.94. The Bertz CT molecular complexity index is 820. The first-order chi connectivity index (χ1) is 13.8. The highest BCUT2D eigenvalue weighted by molar-refractivity contribution is 5.30. The van der Waals surface area contributed by atoms with Gasteiger partial charge in [0.15, 0.2) is 0 Å². The molecule has 0 bridgehead atoms. The van der Waals surface area contributed by atoms with Crippen LogP contribution >= 0.6 is 0 Å². The summed E-state index contributed by atoms with van der Waals surface area (Å²) in [7, 11) is 0. The molecule has 1 aliphatic heterocycles. The zero-order chi connectivity index (χ0) is 18.9. The average Bonchev–Trinajstić information content (AvgIpc) is 3.51. The maximum Gasteiger partial charge on any atom is 0.0607 e. The van der Waals surface area contributed by atoms with Crippen LogP contribution in [-0.4, -0.2) is 35.6 Å². The lowest BCUT2D eigenvalue weighted by atomic mass is 9.89. The minimum atomic E-state index is 0.461. The molecule has 1 fully saturated rings. The molecule has 2 heterocycles. The molecule has 0 amide bonds. The predicted molar refractivity (Wildman–Crippen MR) is 113 cm³/mol. The largest absolute Gasteiger partial charge is 0.330 e. The van der Waals surface area contributed by atoms with Gasteiger partial charge in [0, 0.05) is 31.9 Å². The van der Waals surface area contributed by atoms with Gasteiger partial charge in [-0.3, -0.25) is 9.88 Å². The number of pyridine rings is 1. The number of nitrogens with one attached hydrogen (secondary N) is 1. The van der Waals surface area contributed by atoms with Crippen molar-refractivity contribution in [3.63, 3.8) is 0 Å². The van der Waals surface area contributed by atoms with Crippen LogP contribution in [0.1, 0.15) is 47.7 Å². The molecule has 1 aromatic carbocycles. The van der Waals surface area contributed by atoms with Crippen LogP contribution in [0.5, 0.6) is 0 Å². The van der Waals surface area contributed by atoms with Gasteiger partial charge in [-0.05, 0) is 73.2 Å². The van der Waals surface area contributed by atoms with Gasteiger partial charge < -0.3 is 11.1 Å². The molecule has 3 aliphatic rings. The van der Waals surface area contributed by atoms with Crippen LogP contribution in [0.2, 0.25) is 0 Å². The fourth-order valence-corrected chi connectivity index (χ4v) is 5.33. The smallest absolute Gasteiger partial charge is 0.0607 e. The van der Waals surface area contributed by atoms with Crippen molar-refractivity contribution < 1.29 is 0 Å². The summed E-state index contributed by atoms with van der Waals surface area (Å²) >= 11 is 0. The lowest BCUT2D eigenvalue weighted by Gasteiger charge is -2.38. The number of hydrogen-bond donors (Lipinski definition) is 2. The van der Waals surface area contributed by atoms with Crippen molar-refractivity contribution in [1.82, 2.24) is 15.2 Å². The molecule has 28 heavy (non-hydrogen) atoms. The quantitative estimate of drug-likeness (QED) is 0.814. The van der Waals surface area contributed by atoms with E-state index < -0.39 is 0 Å². The van der Waals surface area contributed by atoms with Gasteiger partial charge >= 0.3 is 0 Å². The highest BCUT2D eigenvalue weighted by Gasteiger charge is 2.39. The van der Waals surface area contributed by atoms with E-state index in [0.29, 0.717) is 12.1 Å². The van der Waals surface area contributed by atoms with E-state index in [1.165, 1.54) is 54.6 Å². The Kier molecular flexibility index (Phi) is 5.19. The molecule has 5 rings (SSSR count). The molecule has 0 saturated heterocycles. The van der Waals surface area contributed by atoms with Gasteiger partial charge in [-0.15, -0.1) is 0 Å². The van der Waals surface area contributed by atoms with Gasteiger partial charge in [-0.1, -0.05) is 30.3 Å². The second-order valence-electron chi connectivity index (χ2n) is 8.95. The summed E-state index contributed by atoms with van der Waals surface area (Å²) in [4.78, 5) is 7.58. The maximum atomic E-state index is 5.95. The molecule has 2 aliphatic carbocycles. The Morgan fingerprint density at radius 3 is 2.75 bits per heavy atom. The van der Waals surface area contributed by atoms with E-state index in [2.05, 4.69) is 46.6 Å². The van der Waals surface area contributed by atoms with Crippen LogP contribution in [-0.2, 0) is 19.4 Å². The minimum absolute atomic E-state index is 0.461. The van der Waals surface area contributed by atoms with Crippen LogP contribution in [0.25, 0.3) is 0 Å². The van der Waals surface area contributed by atoms with Crippen LogP contribution < -0.4 is 11.1 Å². The summed E-state index contributed by atoms with van der Waals surface area (Å²) in [6.07, 6.45) is 8.08. The molecule has 4 heteroatoms. The second-order valence-corrected chi connectivity index (χ2v) is 8.95. The molecule has 3 N–H and O–H groups in total. The van der Waals surface area contributed by atoms with Crippen molar-refractivity contribution in [2.24, 2.45) is 17.6 Å². The molecular weight excluding hydrogens is 344 g/mol. The number of rotatable bonds is 6. The number of hydrogen-bond acceptors (Lipinski definition) is 4. The fourth-order valence-electron chi connectivity index (χ4n) is 5.33. The van der Waals surface area contributed by atoms with Gasteiger partial charge in [-0.2, -0.15) is 0 Å². The SMILES string of the molecule is NC[C@H]1C[C@@H]1CN(C[C@H]1Cc2ccccc2CN1)[C@H]1CCCc2cccnc21. The first-order valence-electron chi connectivity index (χ1n) is 11.0. The summed E-state index contributed by atoms with van der Waals surface area (Å²) in [6, 6.07) is 14.2. The topological polar surface area (TPSA) is 54.2 Å². The van der Waals surface area contributed by atoms with E-state index >= 15 is 0 Å². The predicted octanol–water partition coefficient (Wildman–Crippen LogP) is 3.07. The van der Waals surface area contributed by atoms with E-state index in [9.17, 15) is 0 Å². The highest BCUT2D eigenvalue weighted by atomic mass is 15.2. The van der Waals surface area contributed by atoms with E-state index in [-0.39, 0.29) is 0 Å². The number of aromatic nitrogens is 1. The summed E-state index contributed by atoms with van der Waals surface area (Å²) in [5.74, 6) is 1.50. The van der Waals surface area contributed by atoms with Gasteiger partial charge in [0.25, 0.3) is 0 Å². The van der Waals surface area contributed by atoms with Crippen molar-refractivity contribution in [2.75, 3.05) is 19.6 Å². The van der Waals surface area contributed by atoms with E-state index in [0.717, 1.165) is 37.9 Å². The standard InChI is InChI=1S/C24H32N4/c25-13-20-11-21(20)15-28(23-9-3-7-17-8-4-10-26-24(17)23)16-22-12-18-5-1-2-6-19(18)14-27-22/h1-2,4-6,8,10,20-23,27H,3,7,9,11-16,25H2/t20-,21-,22-,23+/m1/s1. The molecule has 0 spiro atoms. The molecular formula is C24H32N4. The number of nitrogens with zero attached hydrogens (tertiary/aromatic N) is 2. The third kappa shape index (κ3) is 3.73. The van der Waals surface area contributed by atoms with Gasteiger partial charge in [0.1, 0.15) is 0 Å². The number of aryl methyl sites for hydroxylation is 1. The van der Waals surface area contributed by atoms with Gasteiger partial charge in [-0.25, -0.2) is 0 Å². The monoisotopic (exact) mass is 376 g/mol. The van der Waals surface area contributed by atoms with Gasteiger partial charge in [0.2, 0.25) is 0 Å². The summed E-state index contributed by atoms with van der Waals surface area (Å²) in [5.41, 5.74) is 11.7. The molecule has 0 unspecified atom stereocenters. The van der Waals surface area contributed by atoms with E-state index in [1.807, 2.05) is 6.20 Å². The lowest BCUT2D eigenvalue weighted by molar-refractivity contribution is 0.144. The van der Waals surface area contributed by atoms with Crippen LogP contribution in [0, 0.1) is 11.8 Å². The van der Waals surface area contributed by atoms with Crippen molar-refractivity contribution in [2.45, 2.75) is 50.7 Å². The molecule has 0 radical (unpaired) electrons. The maximum absolute atomic E-state index is 5.95. The Morgan fingerprint density at radius 1 is 1.04 bits per heavy atom. The third-order valence-corrected chi connectivity index (χ3v) is 7.07. The average molecular weight is 377 g/mol. The van der Waals surface area contributed by atoms with Crippen LogP contribution in [0.3, 0.4) is 0 Å². The van der Waals surface area contributed by atoms with Crippen LogP contribution in [0.4, 0.5) is 0 Å². The number of benzene rings is 1. The van der Waals surface area contributed by atoms with Crippen molar-refractivity contribution in [3.8, 4) is 0 Å². The normalized spacial score (nSPS) is 28.6. The summed E-state index contributed by atoms with van der Waals surface area (Å²) < 4.78 is 0. The molecule has 2 aromatic rings. The van der Waals surface area contributed by atoms with E-state index in [4.69, 9.17) is 10.7 Å². The number of nitrogens with two attached hydrogens (primary N) is 1. The molecule has 4 nitrogen and oxygen atoms in total. The Hall–Kier alpha value is -1.75. The fraction of sp³-hybridized carbons (Fsp3) is 0.542. The zero-order valence-corrected chi connectivity index (χ0v) is 16.7. The molecule has 148 valence electrons. The third-order valence-electron chi connectivity index (χ3n) is 7.07. The summed E-state index contributed by atoms with van der Waals surface area (Å²) in [5, 5.41) is 3.80. The first kappa shape index (κ1) is 18.3. The van der Waals surface area contributed by atoms with E-state index in [1.54, 1.807) is 0 Å². The Balaban J connectivity index is 1.36. The first-order valence-corrected chi connectivity index (χ1v) is 11.0. The zero-order valence-electron chi connectivity index (χ0n) is 16.7. The minimum Gasteiger partial charge on any atom is -0.330 e. The highest BCUT2D eigenvalue weighted by Crippen LogP contribution is 2.41. The summed E-state index contributed by atoms with van der Waals surface area (Å²) in [6.45, 7) is 4.10. The van der Waals surface area contributed by atoms with Crippen molar-refractivity contribution in [1.29, 1.82) is 0 Å². The van der Waals surface area contributed by atoms with Crippen molar-refractivity contribution >= 4 is 0 Å². The van der Waals surface area contributed by atoms with Gasteiger partial charge in [0.05, 0.1) is 11.7 Å². The molecule has 4 atom stereocenters. The lowest BCUT2D eigenvalue weighted by Crippen LogP contribution is -2.47. The van der Waals surface area contributed by atoms with Crippen molar-refractivity contribution in [3.05, 3.63) is 65.0 Å². The number of fused-ring (bicyclic) bond motifs is 2. The Labute approximate surface area is 168 Å². The molecule has 1 aromatic heterocycles. The van der Waals surface area contributed by atoms with Crippen LogP contribution in [0.15, 0.2) is 42.6 Å². The molecule has 1 saturated carbocycles.